The normalized spacial score (nSPS) is 16.3. The highest BCUT2D eigenvalue weighted by atomic mass is 35.5. The molecular weight excluding hydrogens is 237 g/mol. The Morgan fingerprint density at radius 3 is 2.13 bits per heavy atom. The molecule has 1 aromatic rings. The molecule has 0 N–H and O–H groups in total. The molecule has 2 rings (SSSR count). The van der Waals surface area contributed by atoms with Crippen molar-refractivity contribution in [1.82, 2.24) is 0 Å². The highest BCUT2D eigenvalue weighted by Crippen LogP contribution is 2.27. The summed E-state index contributed by atoms with van der Waals surface area (Å²) in [7, 11) is 0. The number of amides is 1. The Hall–Kier alpha value is -1.06. The Bertz CT molecular complexity index is 425. The Morgan fingerprint density at radius 1 is 1.07 bits per heavy atom. The van der Waals surface area contributed by atoms with Crippen LogP contribution in [0.3, 0.4) is 0 Å². The molecule has 0 aliphatic carbocycles. The van der Waals surface area contributed by atoms with E-state index in [-0.39, 0.29) is 12.2 Å². The standard InChI is InChI=1S/C10H7Cl2NO2/c11-6-3-7(12)5-8(4-6)13-2-1-9(14)10(13)15/h3-5H,1-2H2. The van der Waals surface area contributed by atoms with Gasteiger partial charge in [0.25, 0.3) is 5.91 Å². The van der Waals surface area contributed by atoms with Crippen molar-refractivity contribution < 1.29 is 9.59 Å². The maximum Gasteiger partial charge on any atom is 0.294 e. The van der Waals surface area contributed by atoms with Crippen molar-refractivity contribution in [3.05, 3.63) is 28.2 Å². The molecule has 1 saturated heterocycles. The van der Waals surface area contributed by atoms with Gasteiger partial charge in [0.05, 0.1) is 0 Å². The molecule has 3 nitrogen and oxygen atoms in total. The Morgan fingerprint density at radius 2 is 1.67 bits per heavy atom. The molecule has 1 fully saturated rings. The second kappa shape index (κ2) is 3.83. The van der Waals surface area contributed by atoms with Crippen molar-refractivity contribution in [3.63, 3.8) is 0 Å². The molecule has 0 saturated carbocycles. The lowest BCUT2D eigenvalue weighted by Crippen LogP contribution is -2.26. The number of carbonyl (C=O) groups is 2. The lowest BCUT2D eigenvalue weighted by atomic mass is 10.3. The molecule has 0 atom stereocenters. The van der Waals surface area contributed by atoms with Gasteiger partial charge in [0, 0.05) is 28.7 Å². The first-order valence-corrected chi connectivity index (χ1v) is 5.14. The van der Waals surface area contributed by atoms with Crippen LogP contribution >= 0.6 is 23.2 Å². The quantitative estimate of drug-likeness (QED) is 0.711. The van der Waals surface area contributed by atoms with Crippen LogP contribution in [0.15, 0.2) is 18.2 Å². The van der Waals surface area contributed by atoms with E-state index >= 15 is 0 Å². The lowest BCUT2D eigenvalue weighted by Gasteiger charge is -2.14. The summed E-state index contributed by atoms with van der Waals surface area (Å²) in [5.74, 6) is -0.862. The monoisotopic (exact) mass is 243 g/mol. The first-order chi connectivity index (χ1) is 7.08. The number of ketones is 1. The summed E-state index contributed by atoms with van der Waals surface area (Å²) in [5.41, 5.74) is 0.573. The van der Waals surface area contributed by atoms with E-state index in [0.29, 0.717) is 22.3 Å². The molecule has 1 aromatic carbocycles. The second-order valence-electron chi connectivity index (χ2n) is 3.26. The number of Topliss-reactive ketones (excluding diaryl/α,β-unsaturated/α-hetero) is 1. The Balaban J connectivity index is 2.38. The third-order valence-corrected chi connectivity index (χ3v) is 2.64. The molecular formula is C10H7Cl2NO2. The first kappa shape index (κ1) is 10.5. The fourth-order valence-electron chi connectivity index (χ4n) is 1.51. The number of benzene rings is 1. The first-order valence-electron chi connectivity index (χ1n) is 4.39. The fraction of sp³-hybridized carbons (Fsp3) is 0.200. The van der Waals surface area contributed by atoms with E-state index in [4.69, 9.17) is 23.2 Å². The molecule has 1 heterocycles. The van der Waals surface area contributed by atoms with Crippen LogP contribution in [0.2, 0.25) is 10.0 Å². The van der Waals surface area contributed by atoms with E-state index in [1.165, 1.54) is 4.90 Å². The summed E-state index contributed by atoms with van der Waals surface area (Å²) in [6, 6.07) is 4.81. The molecule has 0 aromatic heterocycles. The van der Waals surface area contributed by atoms with E-state index in [2.05, 4.69) is 0 Å². The predicted octanol–water partition coefficient (Wildman–Crippen LogP) is 2.30. The Kier molecular flexibility index (Phi) is 2.67. The molecule has 1 aliphatic heterocycles. The number of carbonyl (C=O) groups excluding carboxylic acids is 2. The number of hydrogen-bond donors (Lipinski definition) is 0. The minimum Gasteiger partial charge on any atom is -0.305 e. The van der Waals surface area contributed by atoms with Crippen molar-refractivity contribution >= 4 is 40.6 Å². The van der Waals surface area contributed by atoms with Crippen LogP contribution in [0.4, 0.5) is 5.69 Å². The lowest BCUT2D eigenvalue weighted by molar-refractivity contribution is -0.133. The van der Waals surface area contributed by atoms with E-state index in [1.54, 1.807) is 18.2 Å². The smallest absolute Gasteiger partial charge is 0.294 e. The molecule has 1 aliphatic rings. The zero-order chi connectivity index (χ0) is 11.0. The number of rotatable bonds is 1. The number of halogens is 2. The number of anilines is 1. The van der Waals surface area contributed by atoms with Crippen LogP contribution < -0.4 is 4.90 Å². The number of hydrogen-bond acceptors (Lipinski definition) is 2. The number of nitrogens with zero attached hydrogens (tertiary/aromatic N) is 1. The maximum absolute atomic E-state index is 11.4. The van der Waals surface area contributed by atoms with Gasteiger partial charge in [-0.3, -0.25) is 9.59 Å². The zero-order valence-electron chi connectivity index (χ0n) is 7.67. The van der Waals surface area contributed by atoms with Crippen LogP contribution in [0.1, 0.15) is 6.42 Å². The van der Waals surface area contributed by atoms with Crippen molar-refractivity contribution in [2.45, 2.75) is 6.42 Å². The van der Waals surface area contributed by atoms with Crippen molar-refractivity contribution in [2.75, 3.05) is 11.4 Å². The van der Waals surface area contributed by atoms with Crippen molar-refractivity contribution in [2.24, 2.45) is 0 Å². The van der Waals surface area contributed by atoms with Gasteiger partial charge in [0.1, 0.15) is 0 Å². The maximum atomic E-state index is 11.4. The van der Waals surface area contributed by atoms with E-state index in [0.717, 1.165) is 0 Å². The van der Waals surface area contributed by atoms with E-state index < -0.39 is 5.91 Å². The van der Waals surface area contributed by atoms with Gasteiger partial charge in [-0.1, -0.05) is 23.2 Å². The SMILES string of the molecule is O=C1CCN(c2cc(Cl)cc(Cl)c2)C1=O. The molecule has 0 unspecified atom stereocenters. The molecule has 15 heavy (non-hydrogen) atoms. The van der Waals surface area contributed by atoms with Gasteiger partial charge < -0.3 is 4.90 Å². The van der Waals surface area contributed by atoms with Gasteiger partial charge in [-0.05, 0) is 18.2 Å². The molecule has 1 amide bonds. The third kappa shape index (κ3) is 1.98. The highest BCUT2D eigenvalue weighted by Gasteiger charge is 2.30. The van der Waals surface area contributed by atoms with Crippen LogP contribution in [0.25, 0.3) is 0 Å². The molecule has 0 bridgehead atoms. The summed E-state index contributed by atoms with van der Waals surface area (Å²) in [6.45, 7) is 0.397. The zero-order valence-corrected chi connectivity index (χ0v) is 9.18. The largest absolute Gasteiger partial charge is 0.305 e. The molecule has 0 spiro atoms. The van der Waals surface area contributed by atoms with Crippen LogP contribution in [-0.4, -0.2) is 18.2 Å². The van der Waals surface area contributed by atoms with Crippen molar-refractivity contribution in [3.8, 4) is 0 Å². The minimum atomic E-state index is -0.492. The van der Waals surface area contributed by atoms with Crippen LogP contribution in [0, 0.1) is 0 Å². The summed E-state index contributed by atoms with van der Waals surface area (Å²) >= 11 is 11.6. The van der Waals surface area contributed by atoms with Gasteiger partial charge in [0.2, 0.25) is 5.78 Å². The van der Waals surface area contributed by atoms with Gasteiger partial charge in [-0.15, -0.1) is 0 Å². The minimum absolute atomic E-state index is 0.253. The molecule has 5 heteroatoms. The van der Waals surface area contributed by atoms with Gasteiger partial charge in [-0.25, -0.2) is 0 Å². The molecule has 78 valence electrons. The third-order valence-electron chi connectivity index (χ3n) is 2.21. The van der Waals surface area contributed by atoms with Gasteiger partial charge in [0.15, 0.2) is 0 Å². The predicted molar refractivity (Wildman–Crippen MR) is 58.4 cm³/mol. The summed E-state index contributed by atoms with van der Waals surface area (Å²) in [6.07, 6.45) is 0.253. The van der Waals surface area contributed by atoms with Gasteiger partial charge in [-0.2, -0.15) is 0 Å². The summed E-state index contributed by atoms with van der Waals surface area (Å²) in [5, 5.41) is 0.897. The highest BCUT2D eigenvalue weighted by molar-refractivity contribution is 6.44. The second-order valence-corrected chi connectivity index (χ2v) is 4.13. The average molecular weight is 244 g/mol. The van der Waals surface area contributed by atoms with E-state index in [1.807, 2.05) is 0 Å². The fourth-order valence-corrected chi connectivity index (χ4v) is 2.03. The topological polar surface area (TPSA) is 37.4 Å². The Labute approximate surface area is 96.6 Å². The average Bonchev–Trinajstić information content (AvgIpc) is 2.46. The van der Waals surface area contributed by atoms with Crippen LogP contribution in [-0.2, 0) is 9.59 Å². The summed E-state index contributed by atoms with van der Waals surface area (Å²) in [4.78, 5) is 23.9. The van der Waals surface area contributed by atoms with E-state index in [9.17, 15) is 9.59 Å². The molecule has 0 radical (unpaired) electrons. The van der Waals surface area contributed by atoms with Crippen molar-refractivity contribution in [1.29, 1.82) is 0 Å². The van der Waals surface area contributed by atoms with Gasteiger partial charge >= 0.3 is 0 Å². The summed E-state index contributed by atoms with van der Waals surface area (Å²) < 4.78 is 0. The van der Waals surface area contributed by atoms with Crippen LogP contribution in [0.5, 0.6) is 0 Å².